The summed E-state index contributed by atoms with van der Waals surface area (Å²) in [5.41, 5.74) is 0. The smallest absolute Gasteiger partial charge is 0.0319 e. The summed E-state index contributed by atoms with van der Waals surface area (Å²) in [6.07, 6.45) is 0. The van der Waals surface area contributed by atoms with Crippen LogP contribution in [0.4, 0.5) is 0 Å². The van der Waals surface area contributed by atoms with Gasteiger partial charge in [0.25, 0.3) is 0 Å². The second kappa shape index (κ2) is 889. The van der Waals surface area contributed by atoms with Gasteiger partial charge in [-0.05, 0) is 0 Å². The maximum Gasteiger partial charge on any atom is 0.0319 e. The van der Waals surface area contributed by atoms with Crippen molar-refractivity contribution in [1.29, 1.82) is 0 Å². The van der Waals surface area contributed by atoms with Gasteiger partial charge < -0.3 is 45.2 Å². The minimum Gasteiger partial charge on any atom is -1.00 e. The Balaban J connectivity index is -0.00000000356. The number of aliphatic hydroxyl groups is 4. The molecule has 0 aromatic heterocycles. The minimum atomic E-state index is 0. The second-order valence-corrected chi connectivity index (χ2v) is 0. The Bertz CT molecular complexity index is 20.1. The average molecular weight is 247 g/mol. The molecule has 0 spiro atoms. The molecule has 76 valence electrons. The first-order chi connectivity index (χ1) is 4.00. The Kier molecular flexibility index (Phi) is 4610. The molecule has 11 heavy (non-hydrogen) atoms. The van der Waals surface area contributed by atoms with Crippen LogP contribution in [0.5, 0.6) is 0 Å². The van der Waals surface area contributed by atoms with Crippen LogP contribution in [0.2, 0.25) is 0 Å². The topological polar surface area (TPSA) is 80.9 Å². The van der Waals surface area contributed by atoms with E-state index in [1.807, 2.05) is 0 Å². The first-order valence-electron chi connectivity index (χ1n) is 1.79. The molecule has 0 aromatic carbocycles. The largest absolute Gasteiger partial charge is 1.00 e. The van der Waals surface area contributed by atoms with Gasteiger partial charge >= 0.3 is 0 Å². The molecule has 0 radical (unpaired) electrons. The van der Waals surface area contributed by atoms with Crippen molar-refractivity contribution in [3.05, 3.63) is 0 Å². The van der Waals surface area contributed by atoms with Gasteiger partial charge in [-0.3, -0.25) is 0 Å². The van der Waals surface area contributed by atoms with Crippen LogP contribution >= 0.6 is 0 Å². The standard InChI is InChI=1S/4CH4O.2ClH.Ti/c4*1-2;;;/h4*2H,1H3;2*1H;/p-2. The van der Waals surface area contributed by atoms with Crippen LogP contribution in [-0.4, -0.2) is 48.9 Å². The van der Waals surface area contributed by atoms with Gasteiger partial charge in [0, 0.05) is 50.2 Å². The zero-order valence-corrected chi connectivity index (χ0v) is 10.1. The number of hydrogen-bond acceptors (Lipinski definition) is 4. The molecular formula is C4H16Cl2O4Ti-2. The van der Waals surface area contributed by atoms with Crippen molar-refractivity contribution >= 4 is 0 Å². The van der Waals surface area contributed by atoms with Crippen LogP contribution in [0.3, 0.4) is 0 Å². The van der Waals surface area contributed by atoms with Crippen LogP contribution in [-0.2, 0) is 21.7 Å². The molecule has 0 saturated carbocycles. The molecule has 0 aliphatic heterocycles. The van der Waals surface area contributed by atoms with E-state index in [1.54, 1.807) is 0 Å². The van der Waals surface area contributed by atoms with Crippen molar-refractivity contribution in [3.63, 3.8) is 0 Å². The third-order valence-electron chi connectivity index (χ3n) is 0. The molecule has 0 rings (SSSR count). The fraction of sp³-hybridized carbons (Fsp3) is 1.00. The van der Waals surface area contributed by atoms with Gasteiger partial charge in [-0.25, -0.2) is 0 Å². The van der Waals surface area contributed by atoms with Crippen molar-refractivity contribution in [1.82, 2.24) is 0 Å². The van der Waals surface area contributed by atoms with Crippen molar-refractivity contribution in [2.75, 3.05) is 28.4 Å². The Morgan fingerprint density at radius 2 is 0.455 bits per heavy atom. The average Bonchev–Trinajstić information content (AvgIpc) is 2.03. The maximum absolute atomic E-state index is 7.00. The third-order valence-corrected chi connectivity index (χ3v) is 0. The maximum atomic E-state index is 7.00. The predicted octanol–water partition coefficient (Wildman–Crippen LogP) is -7.56. The van der Waals surface area contributed by atoms with Crippen molar-refractivity contribution in [2.45, 2.75) is 0 Å². The zero-order valence-electron chi connectivity index (χ0n) is 7.04. The predicted molar refractivity (Wildman–Crippen MR) is 32.6 cm³/mol. The normalized spacial score (nSPS) is 2.18. The monoisotopic (exact) mass is 246 g/mol. The molecule has 4 nitrogen and oxygen atoms in total. The quantitative estimate of drug-likeness (QED) is 0.320. The van der Waals surface area contributed by atoms with E-state index in [1.165, 1.54) is 0 Å². The molecule has 0 aromatic rings. The van der Waals surface area contributed by atoms with E-state index >= 15 is 0 Å². The van der Waals surface area contributed by atoms with Gasteiger partial charge in [-0.2, -0.15) is 0 Å². The van der Waals surface area contributed by atoms with E-state index in [2.05, 4.69) is 0 Å². The molecule has 0 unspecified atom stereocenters. The van der Waals surface area contributed by atoms with E-state index < -0.39 is 0 Å². The first-order valence-corrected chi connectivity index (χ1v) is 1.79. The molecule has 0 amide bonds. The molecule has 7 heteroatoms. The second-order valence-electron chi connectivity index (χ2n) is 0. The summed E-state index contributed by atoms with van der Waals surface area (Å²) in [4.78, 5) is 0. The van der Waals surface area contributed by atoms with Gasteiger partial charge in [0.15, 0.2) is 0 Å². The molecule has 0 atom stereocenters. The van der Waals surface area contributed by atoms with E-state index in [0.717, 1.165) is 28.4 Å². The fourth-order valence-corrected chi connectivity index (χ4v) is 0. The van der Waals surface area contributed by atoms with Crippen LogP contribution in [0.1, 0.15) is 0 Å². The van der Waals surface area contributed by atoms with Gasteiger partial charge in [0.2, 0.25) is 0 Å². The molecular weight excluding hydrogens is 231 g/mol. The number of halogens is 2. The van der Waals surface area contributed by atoms with Crippen LogP contribution in [0, 0.1) is 0 Å². The summed E-state index contributed by atoms with van der Waals surface area (Å²) in [7, 11) is 4.00. The summed E-state index contributed by atoms with van der Waals surface area (Å²) >= 11 is 0. The van der Waals surface area contributed by atoms with E-state index in [0.29, 0.717) is 0 Å². The van der Waals surface area contributed by atoms with Crippen molar-refractivity contribution in [2.24, 2.45) is 0 Å². The van der Waals surface area contributed by atoms with Crippen LogP contribution < -0.4 is 24.8 Å². The molecule has 0 bridgehead atoms. The molecule has 0 fully saturated rings. The molecule has 0 aliphatic rings. The summed E-state index contributed by atoms with van der Waals surface area (Å²) < 4.78 is 0. The SMILES string of the molecule is CO.CO.CO.CO.[Cl-].[Cl-].[Ti]. The minimum absolute atomic E-state index is 0. The van der Waals surface area contributed by atoms with Crippen LogP contribution in [0.25, 0.3) is 0 Å². The zero-order chi connectivity index (χ0) is 8.00. The Labute approximate surface area is 95.3 Å². The Morgan fingerprint density at radius 3 is 0.455 bits per heavy atom. The van der Waals surface area contributed by atoms with Gasteiger partial charge in [-0.15, -0.1) is 0 Å². The van der Waals surface area contributed by atoms with Gasteiger partial charge in [0.1, 0.15) is 0 Å². The Morgan fingerprint density at radius 1 is 0.455 bits per heavy atom. The van der Waals surface area contributed by atoms with Crippen LogP contribution in [0.15, 0.2) is 0 Å². The van der Waals surface area contributed by atoms with E-state index in [9.17, 15) is 0 Å². The van der Waals surface area contributed by atoms with E-state index in [4.69, 9.17) is 20.4 Å². The fourth-order valence-electron chi connectivity index (χ4n) is 0. The molecule has 4 N–H and O–H groups in total. The number of aliphatic hydroxyl groups excluding tert-OH is 4. The number of rotatable bonds is 0. The van der Waals surface area contributed by atoms with E-state index in [-0.39, 0.29) is 46.5 Å². The summed E-state index contributed by atoms with van der Waals surface area (Å²) in [5.74, 6) is 0. The summed E-state index contributed by atoms with van der Waals surface area (Å²) in [6.45, 7) is 0. The molecule has 0 aliphatic carbocycles. The summed E-state index contributed by atoms with van der Waals surface area (Å²) in [5, 5.41) is 28.0. The summed E-state index contributed by atoms with van der Waals surface area (Å²) in [6, 6.07) is 0. The van der Waals surface area contributed by atoms with Gasteiger partial charge in [-0.1, -0.05) is 0 Å². The molecule has 0 heterocycles. The van der Waals surface area contributed by atoms with Crippen molar-refractivity contribution in [3.8, 4) is 0 Å². The van der Waals surface area contributed by atoms with Gasteiger partial charge in [0.05, 0.1) is 0 Å². The third kappa shape index (κ3) is 722. The number of hydrogen-bond donors (Lipinski definition) is 4. The Hall–Kier alpha value is 1.13. The molecule has 0 saturated heterocycles. The first kappa shape index (κ1) is 57.1. The van der Waals surface area contributed by atoms with Crippen molar-refractivity contribution < 1.29 is 67.0 Å².